The smallest absolute Gasteiger partial charge is 0.250 e. The van der Waals surface area contributed by atoms with Crippen LogP contribution in [0.25, 0.3) is 11.1 Å². The van der Waals surface area contributed by atoms with Gasteiger partial charge in [0, 0.05) is 10.2 Å². The van der Waals surface area contributed by atoms with Gasteiger partial charge >= 0.3 is 0 Å². The Morgan fingerprint density at radius 2 is 1.72 bits per heavy atom. The first-order valence-corrected chi connectivity index (χ1v) is 6.24. The summed E-state index contributed by atoms with van der Waals surface area (Å²) in [6.45, 7) is 0. The van der Waals surface area contributed by atoms with Crippen molar-refractivity contribution in [1.29, 1.82) is 0 Å². The number of amides is 1. The van der Waals surface area contributed by atoms with E-state index >= 15 is 0 Å². The van der Waals surface area contributed by atoms with Crippen molar-refractivity contribution >= 4 is 40.8 Å². The second-order valence-corrected chi connectivity index (χ2v) is 5.04. The quantitative estimate of drug-likeness (QED) is 0.643. The number of nitrogens with two attached hydrogens (primary N) is 2. The molecule has 0 bridgehead atoms. The summed E-state index contributed by atoms with van der Waals surface area (Å²) in [5, 5.41) is 0. The third-order valence-corrected chi connectivity index (χ3v) is 3.36. The summed E-state index contributed by atoms with van der Waals surface area (Å²) in [5.41, 5.74) is 14.8. The second kappa shape index (κ2) is 4.86. The number of hydrogen-bond donors (Lipinski definition) is 2. The van der Waals surface area contributed by atoms with Crippen LogP contribution >= 0.6 is 15.9 Å². The zero-order chi connectivity index (χ0) is 13.3. The van der Waals surface area contributed by atoms with Gasteiger partial charge in [0.1, 0.15) is 7.85 Å². The number of primary amides is 1. The van der Waals surface area contributed by atoms with Gasteiger partial charge in [-0.1, -0.05) is 39.6 Å². The van der Waals surface area contributed by atoms with Gasteiger partial charge in [-0.2, -0.15) is 0 Å². The summed E-state index contributed by atoms with van der Waals surface area (Å²) >= 11 is 3.39. The van der Waals surface area contributed by atoms with Gasteiger partial charge in [-0.05, 0) is 29.3 Å². The minimum atomic E-state index is -0.505. The number of anilines is 1. The van der Waals surface area contributed by atoms with Crippen LogP contribution in [0.15, 0.2) is 40.9 Å². The Hall–Kier alpha value is -1.75. The van der Waals surface area contributed by atoms with E-state index in [1.54, 1.807) is 6.07 Å². The zero-order valence-corrected chi connectivity index (χ0v) is 11.5. The number of rotatable bonds is 2. The van der Waals surface area contributed by atoms with Crippen LogP contribution in [0.4, 0.5) is 5.69 Å². The molecule has 0 saturated heterocycles. The SMILES string of the molecule is Bc1cc(-c2ccc(Br)cc2)cc(C(N)=O)c1N. The van der Waals surface area contributed by atoms with Crippen LogP contribution in [0, 0.1) is 0 Å². The lowest BCUT2D eigenvalue weighted by Gasteiger charge is -2.10. The molecular weight excluding hydrogens is 291 g/mol. The molecule has 0 fully saturated rings. The van der Waals surface area contributed by atoms with Gasteiger partial charge < -0.3 is 11.5 Å². The maximum absolute atomic E-state index is 11.3. The van der Waals surface area contributed by atoms with E-state index in [-0.39, 0.29) is 0 Å². The normalized spacial score (nSPS) is 10.3. The predicted octanol–water partition coefficient (Wildman–Crippen LogP) is 1.06. The van der Waals surface area contributed by atoms with E-state index in [2.05, 4.69) is 15.9 Å². The number of benzene rings is 2. The minimum Gasteiger partial charge on any atom is -0.399 e. The van der Waals surface area contributed by atoms with E-state index in [0.29, 0.717) is 11.3 Å². The summed E-state index contributed by atoms with van der Waals surface area (Å²) in [7, 11) is 1.87. The van der Waals surface area contributed by atoms with Crippen molar-refractivity contribution in [1.82, 2.24) is 0 Å². The fraction of sp³-hybridized carbons (Fsp3) is 0. The first kappa shape index (κ1) is 12.7. The van der Waals surface area contributed by atoms with E-state index in [9.17, 15) is 4.79 Å². The third kappa shape index (κ3) is 2.41. The van der Waals surface area contributed by atoms with Gasteiger partial charge in [0.25, 0.3) is 5.91 Å². The number of hydrogen-bond acceptors (Lipinski definition) is 2. The average Bonchev–Trinajstić information content (AvgIpc) is 2.33. The average molecular weight is 303 g/mol. The van der Waals surface area contributed by atoms with E-state index in [1.807, 2.05) is 38.2 Å². The monoisotopic (exact) mass is 302 g/mol. The van der Waals surface area contributed by atoms with Gasteiger partial charge in [0.05, 0.1) is 5.56 Å². The van der Waals surface area contributed by atoms with Crippen molar-refractivity contribution in [2.24, 2.45) is 5.73 Å². The molecule has 2 aromatic rings. The highest BCUT2D eigenvalue weighted by Gasteiger charge is 2.10. The molecule has 0 atom stereocenters. The van der Waals surface area contributed by atoms with Crippen molar-refractivity contribution in [3.63, 3.8) is 0 Å². The molecule has 0 aromatic heterocycles. The lowest BCUT2D eigenvalue weighted by atomic mass is 9.87. The van der Waals surface area contributed by atoms with Crippen molar-refractivity contribution in [2.75, 3.05) is 5.73 Å². The van der Waals surface area contributed by atoms with Crippen LogP contribution in [0.2, 0.25) is 0 Å². The Morgan fingerprint density at radius 1 is 1.11 bits per heavy atom. The summed E-state index contributed by atoms with van der Waals surface area (Å²) in [4.78, 5) is 11.3. The lowest BCUT2D eigenvalue weighted by Crippen LogP contribution is -2.20. The Labute approximate surface area is 115 Å². The Balaban J connectivity index is 2.59. The Kier molecular flexibility index (Phi) is 3.43. The number of halogens is 1. The van der Waals surface area contributed by atoms with Crippen molar-refractivity contribution in [2.45, 2.75) is 0 Å². The molecule has 2 aromatic carbocycles. The molecule has 5 heteroatoms. The maximum atomic E-state index is 11.3. The fourth-order valence-electron chi connectivity index (χ4n) is 1.81. The highest BCUT2D eigenvalue weighted by atomic mass is 79.9. The molecule has 1 amide bonds. The predicted molar refractivity (Wildman–Crippen MR) is 80.7 cm³/mol. The number of nitrogen functional groups attached to an aromatic ring is 1. The molecule has 0 aliphatic rings. The maximum Gasteiger partial charge on any atom is 0.250 e. The van der Waals surface area contributed by atoms with Crippen LogP contribution in [-0.4, -0.2) is 13.8 Å². The van der Waals surface area contributed by atoms with Crippen LogP contribution in [0.3, 0.4) is 0 Å². The first-order chi connectivity index (χ1) is 8.49. The summed E-state index contributed by atoms with van der Waals surface area (Å²) < 4.78 is 1.01. The fourth-order valence-corrected chi connectivity index (χ4v) is 2.08. The summed E-state index contributed by atoms with van der Waals surface area (Å²) in [5.74, 6) is -0.505. The summed E-state index contributed by atoms with van der Waals surface area (Å²) in [6, 6.07) is 11.5. The number of carbonyl (C=O) groups is 1. The standard InChI is InChI=1S/C13H12BBrN2O/c14-11-6-8(5-10(12(11)16)13(17)18)7-1-3-9(15)4-2-7/h1-6H,14,16H2,(H2,17,18). The zero-order valence-electron chi connectivity index (χ0n) is 9.91. The molecule has 0 heterocycles. The van der Waals surface area contributed by atoms with Gasteiger partial charge in [-0.15, -0.1) is 0 Å². The largest absolute Gasteiger partial charge is 0.399 e. The van der Waals surface area contributed by atoms with Crippen molar-refractivity contribution < 1.29 is 4.79 Å². The Bertz CT molecular complexity index is 611. The van der Waals surface area contributed by atoms with Crippen LogP contribution in [0.5, 0.6) is 0 Å². The Morgan fingerprint density at radius 3 is 2.28 bits per heavy atom. The molecule has 18 heavy (non-hydrogen) atoms. The van der Waals surface area contributed by atoms with Gasteiger partial charge in [-0.25, -0.2) is 0 Å². The first-order valence-electron chi connectivity index (χ1n) is 5.45. The highest BCUT2D eigenvalue weighted by Crippen LogP contribution is 2.23. The lowest BCUT2D eigenvalue weighted by molar-refractivity contribution is 0.100. The van der Waals surface area contributed by atoms with Crippen LogP contribution in [-0.2, 0) is 0 Å². The van der Waals surface area contributed by atoms with Crippen molar-refractivity contribution in [3.8, 4) is 11.1 Å². The van der Waals surface area contributed by atoms with E-state index in [1.165, 1.54) is 0 Å². The molecule has 90 valence electrons. The highest BCUT2D eigenvalue weighted by molar-refractivity contribution is 9.10. The molecule has 0 spiro atoms. The van der Waals surface area contributed by atoms with Gasteiger partial charge in [0.2, 0.25) is 0 Å². The van der Waals surface area contributed by atoms with E-state index < -0.39 is 5.91 Å². The molecule has 3 nitrogen and oxygen atoms in total. The molecule has 2 rings (SSSR count). The molecule has 0 unspecified atom stereocenters. The second-order valence-electron chi connectivity index (χ2n) is 4.13. The molecular formula is C13H12BBrN2O. The minimum absolute atomic E-state index is 0.368. The number of carbonyl (C=O) groups excluding carboxylic acids is 1. The molecule has 0 aliphatic carbocycles. The third-order valence-electron chi connectivity index (χ3n) is 2.83. The molecule has 4 N–H and O–H groups in total. The molecule has 0 aliphatic heterocycles. The van der Waals surface area contributed by atoms with Gasteiger partial charge in [-0.3, -0.25) is 4.79 Å². The molecule has 0 saturated carbocycles. The topological polar surface area (TPSA) is 69.1 Å². The van der Waals surface area contributed by atoms with Crippen LogP contribution in [0.1, 0.15) is 10.4 Å². The van der Waals surface area contributed by atoms with E-state index in [0.717, 1.165) is 21.1 Å². The summed E-state index contributed by atoms with van der Waals surface area (Å²) in [6.07, 6.45) is 0. The van der Waals surface area contributed by atoms with Gasteiger partial charge in [0.15, 0.2) is 0 Å². The van der Waals surface area contributed by atoms with Crippen LogP contribution < -0.4 is 16.9 Å². The van der Waals surface area contributed by atoms with Crippen molar-refractivity contribution in [3.05, 3.63) is 46.4 Å². The van der Waals surface area contributed by atoms with E-state index in [4.69, 9.17) is 11.5 Å². The molecule has 0 radical (unpaired) electrons.